The minimum Gasteiger partial charge on any atom is -0.314 e. The van der Waals surface area contributed by atoms with E-state index in [1.54, 1.807) is 0 Å². The molecule has 0 fully saturated rings. The average Bonchev–Trinajstić information content (AvgIpc) is 2.22. The molecule has 1 N–H and O–H groups in total. The maximum absolute atomic E-state index is 3.57. The summed E-state index contributed by atoms with van der Waals surface area (Å²) in [6.45, 7) is 19.5. The Labute approximate surface area is 121 Å². The first-order chi connectivity index (χ1) is 8.62. The fraction of sp³-hybridized carbons (Fsp3) is 1.00. The zero-order valence-electron chi connectivity index (χ0n) is 14.6. The van der Waals surface area contributed by atoms with Crippen molar-refractivity contribution in [1.82, 2.24) is 15.1 Å². The Balaban J connectivity index is 4.34. The molecule has 0 aliphatic rings. The van der Waals surface area contributed by atoms with E-state index < -0.39 is 0 Å². The zero-order chi connectivity index (χ0) is 15.1. The van der Waals surface area contributed by atoms with Crippen molar-refractivity contribution >= 4 is 0 Å². The molecule has 0 unspecified atom stereocenters. The molecule has 0 spiro atoms. The van der Waals surface area contributed by atoms with Gasteiger partial charge in [-0.25, -0.2) is 0 Å². The summed E-state index contributed by atoms with van der Waals surface area (Å²) >= 11 is 0. The highest BCUT2D eigenvalue weighted by molar-refractivity contribution is 4.78. The van der Waals surface area contributed by atoms with Gasteiger partial charge in [0.25, 0.3) is 0 Å². The minimum atomic E-state index is 0.325. The van der Waals surface area contributed by atoms with Gasteiger partial charge in [-0.2, -0.15) is 0 Å². The number of nitrogens with zero attached hydrogens (tertiary/aromatic N) is 2. The Hall–Kier alpha value is -0.120. The highest BCUT2D eigenvalue weighted by Crippen LogP contribution is 2.17. The number of nitrogens with one attached hydrogen (secondary N) is 1. The third-order valence-electron chi connectivity index (χ3n) is 3.13. The lowest BCUT2D eigenvalue weighted by atomic mass is 9.92. The monoisotopic (exact) mass is 271 g/mol. The smallest absolute Gasteiger partial charge is 0.0109 e. The van der Waals surface area contributed by atoms with Gasteiger partial charge in [0.15, 0.2) is 0 Å². The standard InChI is InChI=1S/C16H37N3/c1-14(2)11-19(10-9-18(7)8)13-16(5,6)12-17-15(3)4/h14-15,17H,9-13H2,1-8H3. The quantitative estimate of drug-likeness (QED) is 0.659. The van der Waals surface area contributed by atoms with Crippen molar-refractivity contribution in [2.75, 3.05) is 46.8 Å². The van der Waals surface area contributed by atoms with E-state index in [0.29, 0.717) is 11.5 Å². The van der Waals surface area contributed by atoms with Crippen LogP contribution in [0, 0.1) is 11.3 Å². The molecule has 0 aromatic carbocycles. The molecule has 0 amide bonds. The number of likely N-dealkylation sites (N-methyl/N-ethyl adjacent to an activating group) is 1. The van der Waals surface area contributed by atoms with Gasteiger partial charge in [-0.3, -0.25) is 0 Å². The molecule has 0 heterocycles. The normalized spacial score (nSPS) is 13.3. The van der Waals surface area contributed by atoms with E-state index in [-0.39, 0.29) is 0 Å². The van der Waals surface area contributed by atoms with E-state index in [0.717, 1.165) is 25.6 Å². The van der Waals surface area contributed by atoms with Gasteiger partial charge in [0.2, 0.25) is 0 Å². The van der Waals surface area contributed by atoms with Crippen molar-refractivity contribution in [2.24, 2.45) is 11.3 Å². The summed E-state index contributed by atoms with van der Waals surface area (Å²) in [4.78, 5) is 4.89. The SMILES string of the molecule is CC(C)CN(CCN(C)C)CC(C)(C)CNC(C)C. The molecule has 3 heteroatoms. The fourth-order valence-electron chi connectivity index (χ4n) is 2.23. The first kappa shape index (κ1) is 18.9. The Kier molecular flexibility index (Phi) is 8.88. The van der Waals surface area contributed by atoms with E-state index >= 15 is 0 Å². The molecule has 0 radical (unpaired) electrons. The van der Waals surface area contributed by atoms with E-state index in [4.69, 9.17) is 0 Å². The second-order valence-electron chi connectivity index (χ2n) is 7.63. The summed E-state index contributed by atoms with van der Waals surface area (Å²) in [6, 6.07) is 0.569. The van der Waals surface area contributed by atoms with Gasteiger partial charge in [-0.1, -0.05) is 41.5 Å². The van der Waals surface area contributed by atoms with Crippen LogP contribution in [0.4, 0.5) is 0 Å². The van der Waals surface area contributed by atoms with Crippen molar-refractivity contribution in [3.63, 3.8) is 0 Å². The summed E-state index contributed by atoms with van der Waals surface area (Å²) in [7, 11) is 4.30. The summed E-state index contributed by atoms with van der Waals surface area (Å²) in [6.07, 6.45) is 0. The molecule has 0 bridgehead atoms. The van der Waals surface area contributed by atoms with Crippen molar-refractivity contribution < 1.29 is 0 Å². The predicted octanol–water partition coefficient (Wildman–Crippen LogP) is 2.53. The molecule has 0 aromatic heterocycles. The largest absolute Gasteiger partial charge is 0.314 e. The Morgan fingerprint density at radius 2 is 1.58 bits per heavy atom. The van der Waals surface area contributed by atoms with Crippen LogP contribution in [-0.4, -0.2) is 62.7 Å². The summed E-state index contributed by atoms with van der Waals surface area (Å²) in [5.41, 5.74) is 0.325. The molecule has 0 aliphatic heterocycles. The third-order valence-corrected chi connectivity index (χ3v) is 3.13. The second-order valence-corrected chi connectivity index (χ2v) is 7.63. The Bertz CT molecular complexity index is 222. The molecule has 0 aromatic rings. The minimum absolute atomic E-state index is 0.325. The first-order valence-corrected chi connectivity index (χ1v) is 7.73. The van der Waals surface area contributed by atoms with Crippen LogP contribution >= 0.6 is 0 Å². The van der Waals surface area contributed by atoms with Crippen LogP contribution in [-0.2, 0) is 0 Å². The molecule has 3 nitrogen and oxygen atoms in total. The van der Waals surface area contributed by atoms with Crippen LogP contribution in [0.15, 0.2) is 0 Å². The Morgan fingerprint density at radius 3 is 2.00 bits per heavy atom. The Morgan fingerprint density at radius 1 is 1.00 bits per heavy atom. The van der Waals surface area contributed by atoms with E-state index in [2.05, 4.69) is 70.8 Å². The predicted molar refractivity (Wildman–Crippen MR) is 86.8 cm³/mol. The third kappa shape index (κ3) is 11.4. The van der Waals surface area contributed by atoms with Gasteiger partial charge in [0, 0.05) is 38.8 Å². The second kappa shape index (κ2) is 8.93. The van der Waals surface area contributed by atoms with E-state index in [9.17, 15) is 0 Å². The molecular formula is C16H37N3. The van der Waals surface area contributed by atoms with Crippen LogP contribution < -0.4 is 5.32 Å². The summed E-state index contributed by atoms with van der Waals surface area (Å²) < 4.78 is 0. The van der Waals surface area contributed by atoms with Crippen LogP contribution in [0.5, 0.6) is 0 Å². The van der Waals surface area contributed by atoms with Gasteiger partial charge in [0.1, 0.15) is 0 Å². The van der Waals surface area contributed by atoms with Crippen LogP contribution in [0.2, 0.25) is 0 Å². The molecule has 0 rings (SSSR count). The van der Waals surface area contributed by atoms with Gasteiger partial charge < -0.3 is 15.1 Å². The van der Waals surface area contributed by atoms with Crippen molar-refractivity contribution in [2.45, 2.75) is 47.6 Å². The maximum Gasteiger partial charge on any atom is 0.0109 e. The van der Waals surface area contributed by atoms with Crippen LogP contribution in [0.3, 0.4) is 0 Å². The number of hydrogen-bond acceptors (Lipinski definition) is 3. The van der Waals surface area contributed by atoms with E-state index in [1.807, 2.05) is 0 Å². The molecule has 116 valence electrons. The number of rotatable bonds is 10. The van der Waals surface area contributed by atoms with Crippen molar-refractivity contribution in [3.05, 3.63) is 0 Å². The molecule has 0 saturated carbocycles. The lowest BCUT2D eigenvalue weighted by Crippen LogP contribution is -2.45. The maximum atomic E-state index is 3.57. The zero-order valence-corrected chi connectivity index (χ0v) is 14.6. The first-order valence-electron chi connectivity index (χ1n) is 7.73. The average molecular weight is 271 g/mol. The highest BCUT2D eigenvalue weighted by Gasteiger charge is 2.22. The lowest BCUT2D eigenvalue weighted by molar-refractivity contribution is 0.147. The van der Waals surface area contributed by atoms with Crippen molar-refractivity contribution in [1.29, 1.82) is 0 Å². The highest BCUT2D eigenvalue weighted by atomic mass is 15.2. The van der Waals surface area contributed by atoms with E-state index in [1.165, 1.54) is 13.1 Å². The topological polar surface area (TPSA) is 18.5 Å². The van der Waals surface area contributed by atoms with Crippen LogP contribution in [0.1, 0.15) is 41.5 Å². The van der Waals surface area contributed by atoms with Crippen molar-refractivity contribution in [3.8, 4) is 0 Å². The van der Waals surface area contributed by atoms with Gasteiger partial charge in [0.05, 0.1) is 0 Å². The van der Waals surface area contributed by atoms with Crippen LogP contribution in [0.25, 0.3) is 0 Å². The molecule has 0 saturated heterocycles. The molecule has 0 atom stereocenters. The van der Waals surface area contributed by atoms with Gasteiger partial charge >= 0.3 is 0 Å². The summed E-state index contributed by atoms with van der Waals surface area (Å²) in [5.74, 6) is 0.732. The number of hydrogen-bond donors (Lipinski definition) is 1. The summed E-state index contributed by atoms with van der Waals surface area (Å²) in [5, 5.41) is 3.57. The molecular weight excluding hydrogens is 234 g/mol. The van der Waals surface area contributed by atoms with Gasteiger partial charge in [-0.05, 0) is 25.4 Å². The molecule has 19 heavy (non-hydrogen) atoms. The molecule has 0 aliphatic carbocycles. The fourth-order valence-corrected chi connectivity index (χ4v) is 2.23. The van der Waals surface area contributed by atoms with Gasteiger partial charge in [-0.15, -0.1) is 0 Å². The lowest BCUT2D eigenvalue weighted by Gasteiger charge is -2.35.